The van der Waals surface area contributed by atoms with Crippen molar-refractivity contribution in [3.05, 3.63) is 133 Å². The van der Waals surface area contributed by atoms with Gasteiger partial charge in [-0.2, -0.15) is 5.10 Å². The van der Waals surface area contributed by atoms with Crippen molar-refractivity contribution in [2.45, 2.75) is 38.8 Å². The van der Waals surface area contributed by atoms with Gasteiger partial charge in [0.05, 0.1) is 29.4 Å². The minimum atomic E-state index is -4.27. The van der Waals surface area contributed by atoms with Crippen LogP contribution in [0.3, 0.4) is 0 Å². The van der Waals surface area contributed by atoms with E-state index in [0.29, 0.717) is 13.1 Å². The Bertz CT molecular complexity index is 2080. The molecular formula is C35H34N6O3S. The molecule has 9 nitrogen and oxygen atoms in total. The summed E-state index contributed by atoms with van der Waals surface area (Å²) >= 11 is 0. The summed E-state index contributed by atoms with van der Waals surface area (Å²) in [5, 5.41) is 4.78. The Hall–Kier alpha value is -5.19. The molecule has 0 saturated heterocycles. The normalized spacial score (nSPS) is 11.6. The Kier molecular flexibility index (Phi) is 9.17. The molecule has 10 heteroatoms. The molecule has 228 valence electrons. The van der Waals surface area contributed by atoms with Crippen LogP contribution in [-0.2, 0) is 23.2 Å². The van der Waals surface area contributed by atoms with E-state index in [1.807, 2.05) is 73.1 Å². The topological polar surface area (TPSA) is 110 Å². The number of imidazole rings is 1. The molecule has 3 aromatic carbocycles. The van der Waals surface area contributed by atoms with Gasteiger partial charge in [-0.25, -0.2) is 27.2 Å². The Balaban J connectivity index is 0.000000309. The lowest BCUT2D eigenvalue weighted by Crippen LogP contribution is -2.36. The Morgan fingerprint density at radius 1 is 0.844 bits per heavy atom. The van der Waals surface area contributed by atoms with Crippen LogP contribution in [0.5, 0.6) is 0 Å². The van der Waals surface area contributed by atoms with E-state index in [9.17, 15) is 13.0 Å². The van der Waals surface area contributed by atoms with Crippen molar-refractivity contribution in [3.8, 4) is 5.69 Å². The minimum absolute atomic E-state index is 0.178. The number of hydrogen-bond donors (Lipinski definition) is 0. The molecule has 0 radical (unpaired) electrons. The van der Waals surface area contributed by atoms with E-state index in [4.69, 9.17) is 15.1 Å². The van der Waals surface area contributed by atoms with Crippen LogP contribution in [-0.4, -0.2) is 37.3 Å². The lowest BCUT2D eigenvalue weighted by molar-refractivity contribution is -0.665. The number of nitrogens with zero attached hydrogens (tertiary/aromatic N) is 6. The lowest BCUT2D eigenvalue weighted by atomic mass is 10.2. The zero-order valence-electron chi connectivity index (χ0n) is 25.5. The fourth-order valence-electron chi connectivity index (χ4n) is 5.08. The molecule has 0 aliphatic carbocycles. The van der Waals surface area contributed by atoms with Crippen molar-refractivity contribution in [1.82, 2.24) is 24.3 Å². The first kappa shape index (κ1) is 31.2. The van der Waals surface area contributed by atoms with Gasteiger partial charge in [0.15, 0.2) is 5.52 Å². The third kappa shape index (κ3) is 6.67. The highest BCUT2D eigenvalue weighted by atomic mass is 32.2. The molecule has 0 saturated carbocycles. The number of fused-ring (bicyclic) bond motifs is 2. The number of hydrogen-bond acceptors (Lipinski definition) is 6. The van der Waals surface area contributed by atoms with Gasteiger partial charge >= 0.3 is 5.65 Å². The van der Waals surface area contributed by atoms with E-state index in [1.54, 1.807) is 12.1 Å². The third-order valence-corrected chi connectivity index (χ3v) is 8.13. The summed E-state index contributed by atoms with van der Waals surface area (Å²) in [4.78, 5) is 9.70. The molecule has 0 unspecified atom stereocenters. The molecular weight excluding hydrogens is 584 g/mol. The van der Waals surface area contributed by atoms with E-state index >= 15 is 0 Å². The molecule has 0 N–H and O–H groups in total. The van der Waals surface area contributed by atoms with Gasteiger partial charge in [-0.05, 0) is 63.2 Å². The van der Waals surface area contributed by atoms with Crippen molar-refractivity contribution in [2.24, 2.45) is 0 Å². The first-order chi connectivity index (χ1) is 21.6. The summed E-state index contributed by atoms with van der Waals surface area (Å²) in [5.41, 5.74) is 8.52. The first-order valence-corrected chi connectivity index (χ1v) is 15.8. The van der Waals surface area contributed by atoms with Gasteiger partial charge < -0.3 is 4.55 Å². The highest BCUT2D eigenvalue weighted by Crippen LogP contribution is 2.22. The molecule has 0 atom stereocenters. The van der Waals surface area contributed by atoms with Gasteiger partial charge in [0.25, 0.3) is 5.65 Å². The maximum Gasteiger partial charge on any atom is 0.323 e. The van der Waals surface area contributed by atoms with Crippen LogP contribution in [0.15, 0.2) is 109 Å². The van der Waals surface area contributed by atoms with E-state index < -0.39 is 10.1 Å². The Morgan fingerprint density at radius 3 is 2.11 bits per heavy atom. The van der Waals surface area contributed by atoms with Crippen LogP contribution in [0.4, 0.5) is 0 Å². The summed E-state index contributed by atoms with van der Waals surface area (Å²) in [6, 6.07) is 23.9. The predicted octanol–water partition coefficient (Wildman–Crippen LogP) is 6.12. The lowest BCUT2D eigenvalue weighted by Gasteiger charge is -2.05. The minimum Gasteiger partial charge on any atom is -0.744 e. The monoisotopic (exact) mass is 618 g/mol. The van der Waals surface area contributed by atoms with Crippen molar-refractivity contribution in [1.29, 1.82) is 0 Å². The molecule has 6 rings (SSSR count). The smallest absolute Gasteiger partial charge is 0.323 e. The summed E-state index contributed by atoms with van der Waals surface area (Å²) < 4.78 is 37.4. The van der Waals surface area contributed by atoms with E-state index in [1.165, 1.54) is 12.1 Å². The van der Waals surface area contributed by atoms with Gasteiger partial charge in [0, 0.05) is 17.3 Å². The third-order valence-electron chi connectivity index (χ3n) is 7.28. The average Bonchev–Trinajstić information content (AvgIpc) is 3.47. The molecule has 0 fully saturated rings. The second-order valence-corrected chi connectivity index (χ2v) is 11.8. The van der Waals surface area contributed by atoms with Crippen molar-refractivity contribution in [2.75, 3.05) is 0 Å². The zero-order valence-corrected chi connectivity index (χ0v) is 26.3. The largest absolute Gasteiger partial charge is 0.744 e. The highest BCUT2D eigenvalue weighted by molar-refractivity contribution is 7.85. The van der Waals surface area contributed by atoms with Crippen LogP contribution < -0.4 is 4.57 Å². The summed E-state index contributed by atoms with van der Waals surface area (Å²) in [6.45, 7) is 15.1. The molecule has 3 heterocycles. The van der Waals surface area contributed by atoms with Crippen molar-refractivity contribution >= 4 is 44.6 Å². The van der Waals surface area contributed by atoms with E-state index in [-0.39, 0.29) is 4.90 Å². The van der Waals surface area contributed by atoms with Gasteiger partial charge in [-0.3, -0.25) is 0 Å². The zero-order chi connectivity index (χ0) is 32.1. The molecule has 6 aromatic rings. The predicted molar refractivity (Wildman–Crippen MR) is 177 cm³/mol. The van der Waals surface area contributed by atoms with Gasteiger partial charge in [0.2, 0.25) is 5.82 Å². The number of aryl methyl sites for hydroxylation is 2. The second-order valence-electron chi connectivity index (χ2n) is 10.4. The summed E-state index contributed by atoms with van der Waals surface area (Å²) in [6.07, 6.45) is 8.02. The van der Waals surface area contributed by atoms with Crippen LogP contribution in [0.1, 0.15) is 28.3 Å². The SMILES string of the molecule is C=CCn1c(C=Cc2c(C)nn(-c3ccccc3)c2C)[n+](CC=C)c2nc3ccccc3nc21.Cc1ccc(S(=O)(=O)[O-])cc1. The molecule has 0 aliphatic rings. The molecule has 0 bridgehead atoms. The number of allylic oxidation sites excluding steroid dienone is 2. The van der Waals surface area contributed by atoms with Crippen LogP contribution in [0.25, 0.3) is 40.2 Å². The highest BCUT2D eigenvalue weighted by Gasteiger charge is 2.25. The van der Waals surface area contributed by atoms with Gasteiger partial charge in [-0.1, -0.05) is 78.3 Å². The number of rotatable bonds is 8. The molecule has 0 amide bonds. The summed E-state index contributed by atoms with van der Waals surface area (Å²) in [5.74, 6) is 0.983. The fourth-order valence-corrected chi connectivity index (χ4v) is 5.55. The first-order valence-electron chi connectivity index (χ1n) is 14.3. The number of para-hydroxylation sites is 3. The maximum atomic E-state index is 10.4. The standard InChI is InChI=1S/C28H27N6.C7H8O3S/c1-5-18-32-26(17-16-23-20(3)31-34(21(23)4)22-12-8-7-9-13-22)33(19-6-2)28-27(32)29-24-14-10-11-15-25(24)30-28;1-6-2-4-7(5-3-6)11(8,9)10/h5-17H,1-2,18-19H2,3-4H3;2-5H,1H3,(H,8,9,10)/q+1;/p-1. The van der Waals surface area contributed by atoms with Crippen LogP contribution in [0, 0.1) is 20.8 Å². The van der Waals surface area contributed by atoms with E-state index in [2.05, 4.69) is 53.5 Å². The molecule has 0 aliphatic heterocycles. The Morgan fingerprint density at radius 2 is 1.49 bits per heavy atom. The number of aromatic nitrogens is 6. The van der Waals surface area contributed by atoms with Crippen molar-refractivity contribution < 1.29 is 17.5 Å². The van der Waals surface area contributed by atoms with Gasteiger partial charge in [0.1, 0.15) is 15.6 Å². The molecule has 45 heavy (non-hydrogen) atoms. The molecule has 0 spiro atoms. The second kappa shape index (κ2) is 13.2. The van der Waals surface area contributed by atoms with Crippen molar-refractivity contribution in [3.63, 3.8) is 0 Å². The van der Waals surface area contributed by atoms with Crippen LogP contribution in [0.2, 0.25) is 0 Å². The average molecular weight is 619 g/mol. The quantitative estimate of drug-likeness (QED) is 0.116. The summed E-state index contributed by atoms with van der Waals surface area (Å²) in [7, 11) is -4.27. The molecule has 3 aromatic heterocycles. The maximum absolute atomic E-state index is 10.4. The van der Waals surface area contributed by atoms with Crippen LogP contribution >= 0.6 is 0 Å². The fraction of sp³-hybridized carbons (Fsp3) is 0.143. The Labute approximate surface area is 262 Å². The number of benzene rings is 3. The van der Waals surface area contributed by atoms with Gasteiger partial charge in [-0.15, -0.1) is 0 Å². The van der Waals surface area contributed by atoms with E-state index in [0.717, 1.165) is 56.4 Å².